The first-order chi connectivity index (χ1) is 13.4. The zero-order chi connectivity index (χ0) is 20.3. The molecular formula is C19H26N4O4S. The number of hydrogen-bond donors (Lipinski definition) is 3. The van der Waals surface area contributed by atoms with Gasteiger partial charge in [0.2, 0.25) is 15.9 Å². The summed E-state index contributed by atoms with van der Waals surface area (Å²) in [5, 5.41) is 8.02. The Bertz CT molecular complexity index is 924. The Kier molecular flexibility index (Phi) is 6.17. The average Bonchev–Trinajstić information content (AvgIpc) is 3.22. The Labute approximate surface area is 165 Å². The molecule has 2 atom stereocenters. The molecule has 1 aliphatic rings. The van der Waals surface area contributed by atoms with E-state index >= 15 is 0 Å². The van der Waals surface area contributed by atoms with Crippen LogP contribution in [0, 0.1) is 0 Å². The van der Waals surface area contributed by atoms with Crippen LogP contribution in [0.3, 0.4) is 0 Å². The lowest BCUT2D eigenvalue weighted by molar-refractivity contribution is -0.134. The molecule has 3 N–H and O–H groups in total. The number of aliphatic hydroxyl groups excluding tert-OH is 1. The molecule has 152 valence electrons. The van der Waals surface area contributed by atoms with Crippen LogP contribution in [-0.2, 0) is 21.4 Å². The van der Waals surface area contributed by atoms with Gasteiger partial charge in [-0.3, -0.25) is 4.79 Å². The lowest BCUT2D eigenvalue weighted by Gasteiger charge is -2.36. The molecule has 0 saturated carbocycles. The maximum atomic E-state index is 12.9. The number of hydrogen-bond acceptors (Lipinski definition) is 5. The number of nitrogens with one attached hydrogen (secondary N) is 2. The third-order valence-corrected chi connectivity index (χ3v) is 6.94. The number of carbonyl (C=O) groups excluding carboxylic acids is 1. The summed E-state index contributed by atoms with van der Waals surface area (Å²) in [6.07, 6.45) is 4.23. The molecule has 0 radical (unpaired) electrons. The van der Waals surface area contributed by atoms with Gasteiger partial charge in [0.05, 0.1) is 24.5 Å². The predicted molar refractivity (Wildman–Crippen MR) is 106 cm³/mol. The number of rotatable bonds is 6. The number of aromatic amines is 1. The highest BCUT2D eigenvalue weighted by Gasteiger charge is 2.36. The normalized spacial score (nSPS) is 18.8. The molecule has 1 aromatic carbocycles. The fraction of sp³-hybridized carbons (Fsp3) is 0.474. The molecule has 1 saturated heterocycles. The van der Waals surface area contributed by atoms with Crippen LogP contribution in [0.5, 0.6) is 0 Å². The topological polar surface area (TPSA) is 115 Å². The zero-order valence-electron chi connectivity index (χ0n) is 16.1. The number of likely N-dealkylation sites (tertiary alicyclic amines) is 1. The monoisotopic (exact) mass is 406 g/mol. The Morgan fingerprint density at radius 1 is 1.36 bits per heavy atom. The van der Waals surface area contributed by atoms with E-state index in [1.807, 2.05) is 24.3 Å². The largest absolute Gasteiger partial charge is 0.392 e. The summed E-state index contributed by atoms with van der Waals surface area (Å²) in [6, 6.07) is 7.21. The predicted octanol–water partition coefficient (Wildman–Crippen LogP) is 1.56. The number of benzene rings is 1. The van der Waals surface area contributed by atoms with Gasteiger partial charge < -0.3 is 15.0 Å². The van der Waals surface area contributed by atoms with Crippen molar-refractivity contribution in [3.8, 4) is 11.3 Å². The van der Waals surface area contributed by atoms with Crippen molar-refractivity contribution in [2.24, 2.45) is 0 Å². The molecule has 1 aromatic heterocycles. The molecule has 0 bridgehead atoms. The van der Waals surface area contributed by atoms with Crippen molar-refractivity contribution in [2.75, 3.05) is 13.6 Å². The first-order valence-corrected chi connectivity index (χ1v) is 10.9. The Hall–Kier alpha value is -2.23. The fourth-order valence-electron chi connectivity index (χ4n) is 3.47. The molecule has 28 heavy (non-hydrogen) atoms. The van der Waals surface area contributed by atoms with Crippen molar-refractivity contribution in [1.29, 1.82) is 0 Å². The van der Waals surface area contributed by atoms with Gasteiger partial charge in [-0.2, -0.15) is 0 Å². The SMILES string of the molecule is CNS(=O)(=O)C(C)C(=O)N1CCCCC1c1ncc(-c2ccc(CO)cc2)[nH]1. The van der Waals surface area contributed by atoms with Gasteiger partial charge in [0.25, 0.3) is 0 Å². The molecule has 3 rings (SSSR count). The lowest BCUT2D eigenvalue weighted by Crippen LogP contribution is -2.48. The number of H-pyrrole nitrogens is 1. The van der Waals surface area contributed by atoms with E-state index in [0.717, 1.165) is 36.1 Å². The molecular weight excluding hydrogens is 380 g/mol. The summed E-state index contributed by atoms with van der Waals surface area (Å²) < 4.78 is 26.4. The summed E-state index contributed by atoms with van der Waals surface area (Å²) in [5.74, 6) is 0.243. The van der Waals surface area contributed by atoms with Gasteiger partial charge in [0.1, 0.15) is 5.82 Å². The first-order valence-electron chi connectivity index (χ1n) is 9.35. The van der Waals surface area contributed by atoms with E-state index in [1.165, 1.54) is 14.0 Å². The number of amides is 1. The maximum Gasteiger partial charge on any atom is 0.242 e. The third kappa shape index (κ3) is 4.11. The number of sulfonamides is 1. The van der Waals surface area contributed by atoms with Crippen LogP contribution in [0.1, 0.15) is 43.6 Å². The fourth-order valence-corrected chi connectivity index (χ4v) is 4.22. The second-order valence-electron chi connectivity index (χ2n) is 6.97. The van der Waals surface area contributed by atoms with E-state index < -0.39 is 21.2 Å². The van der Waals surface area contributed by atoms with Crippen LogP contribution < -0.4 is 4.72 Å². The molecule has 1 fully saturated rings. The van der Waals surface area contributed by atoms with Crippen molar-refractivity contribution < 1.29 is 18.3 Å². The van der Waals surface area contributed by atoms with Crippen LogP contribution in [0.2, 0.25) is 0 Å². The molecule has 1 amide bonds. The van der Waals surface area contributed by atoms with E-state index in [1.54, 1.807) is 11.1 Å². The van der Waals surface area contributed by atoms with Gasteiger partial charge >= 0.3 is 0 Å². The van der Waals surface area contributed by atoms with Crippen molar-refractivity contribution in [3.05, 3.63) is 41.9 Å². The van der Waals surface area contributed by atoms with Gasteiger partial charge in [-0.1, -0.05) is 24.3 Å². The number of aliphatic hydroxyl groups is 1. The quantitative estimate of drug-likeness (QED) is 0.673. The van der Waals surface area contributed by atoms with E-state index in [0.29, 0.717) is 12.4 Å². The number of piperidine rings is 1. The second-order valence-corrected chi connectivity index (χ2v) is 9.18. The van der Waals surface area contributed by atoms with Gasteiger partial charge in [0, 0.05) is 6.54 Å². The molecule has 9 heteroatoms. The third-order valence-electron chi connectivity index (χ3n) is 5.24. The minimum Gasteiger partial charge on any atom is -0.392 e. The molecule has 2 unspecified atom stereocenters. The number of aromatic nitrogens is 2. The van der Waals surface area contributed by atoms with Gasteiger partial charge in [-0.25, -0.2) is 18.1 Å². The Morgan fingerprint density at radius 2 is 2.07 bits per heavy atom. The minimum atomic E-state index is -3.69. The average molecular weight is 407 g/mol. The van der Waals surface area contributed by atoms with Gasteiger partial charge in [0.15, 0.2) is 5.25 Å². The van der Waals surface area contributed by atoms with Crippen molar-refractivity contribution >= 4 is 15.9 Å². The number of nitrogens with zero attached hydrogens (tertiary/aromatic N) is 2. The highest BCUT2D eigenvalue weighted by atomic mass is 32.2. The van der Waals surface area contributed by atoms with Crippen LogP contribution in [0.25, 0.3) is 11.3 Å². The van der Waals surface area contributed by atoms with Crippen LogP contribution >= 0.6 is 0 Å². The molecule has 2 aromatic rings. The van der Waals surface area contributed by atoms with E-state index in [9.17, 15) is 13.2 Å². The minimum absolute atomic E-state index is 0.0125. The van der Waals surface area contributed by atoms with Crippen molar-refractivity contribution in [1.82, 2.24) is 19.6 Å². The zero-order valence-corrected chi connectivity index (χ0v) is 16.9. The second kappa shape index (κ2) is 8.42. The van der Waals surface area contributed by atoms with Gasteiger partial charge in [-0.15, -0.1) is 0 Å². The standard InChI is InChI=1S/C19H26N4O4S/c1-13(28(26,27)20-2)19(25)23-10-4-3-5-17(23)18-21-11-16(22-18)15-8-6-14(12-24)7-9-15/h6-9,11,13,17,20,24H,3-5,10,12H2,1-2H3,(H,21,22). The smallest absolute Gasteiger partial charge is 0.242 e. The molecule has 0 aliphatic carbocycles. The van der Waals surface area contributed by atoms with Crippen LogP contribution in [0.15, 0.2) is 30.5 Å². The van der Waals surface area contributed by atoms with Gasteiger partial charge in [-0.05, 0) is 44.4 Å². The molecule has 2 heterocycles. The van der Waals surface area contributed by atoms with Crippen LogP contribution in [-0.4, -0.2) is 53.1 Å². The molecule has 8 nitrogen and oxygen atoms in total. The molecule has 1 aliphatic heterocycles. The Morgan fingerprint density at radius 3 is 2.71 bits per heavy atom. The summed E-state index contributed by atoms with van der Waals surface area (Å²) in [5.41, 5.74) is 2.57. The van der Waals surface area contributed by atoms with E-state index in [4.69, 9.17) is 5.11 Å². The maximum absolute atomic E-state index is 12.9. The first kappa shape index (κ1) is 20.5. The summed E-state index contributed by atoms with van der Waals surface area (Å²) in [7, 11) is -2.38. The number of imidazole rings is 1. The van der Waals surface area contributed by atoms with E-state index in [2.05, 4.69) is 14.7 Å². The van der Waals surface area contributed by atoms with Crippen LogP contribution in [0.4, 0.5) is 0 Å². The molecule has 0 spiro atoms. The van der Waals surface area contributed by atoms with Crippen molar-refractivity contribution in [3.63, 3.8) is 0 Å². The lowest BCUT2D eigenvalue weighted by atomic mass is 10.0. The van der Waals surface area contributed by atoms with Crippen molar-refractivity contribution in [2.45, 2.75) is 44.1 Å². The highest BCUT2D eigenvalue weighted by molar-refractivity contribution is 7.90. The highest BCUT2D eigenvalue weighted by Crippen LogP contribution is 2.31. The number of carbonyl (C=O) groups is 1. The summed E-state index contributed by atoms with van der Waals surface area (Å²) >= 11 is 0. The van der Waals surface area contributed by atoms with E-state index in [-0.39, 0.29) is 12.6 Å². The Balaban J connectivity index is 1.84. The summed E-state index contributed by atoms with van der Waals surface area (Å²) in [4.78, 5) is 22.3. The summed E-state index contributed by atoms with van der Waals surface area (Å²) in [6.45, 7) is 1.91.